The third-order valence-corrected chi connectivity index (χ3v) is 7.67. The number of ether oxygens (including phenoxy) is 3. The maximum absolute atomic E-state index is 13.6. The molecule has 2 N–H and O–H groups in total. The average molecular weight is 553 g/mol. The van der Waals surface area contributed by atoms with Gasteiger partial charge in [-0.3, -0.25) is 9.59 Å². The van der Waals surface area contributed by atoms with Crippen molar-refractivity contribution in [1.29, 1.82) is 0 Å². The Morgan fingerprint density at radius 3 is 2.65 bits per heavy atom. The zero-order chi connectivity index (χ0) is 26.4. The highest BCUT2D eigenvalue weighted by molar-refractivity contribution is 7.17. The normalized spacial score (nSPS) is 23.4. The van der Waals surface area contributed by atoms with E-state index >= 15 is 0 Å². The Bertz CT molecular complexity index is 1270. The van der Waals surface area contributed by atoms with E-state index in [1.165, 1.54) is 30.8 Å². The Morgan fingerprint density at radius 1 is 1.30 bits per heavy atom. The van der Waals surface area contributed by atoms with E-state index in [1.807, 2.05) is 6.07 Å². The monoisotopic (exact) mass is 552 g/mol. The van der Waals surface area contributed by atoms with Crippen LogP contribution in [0.15, 0.2) is 42.4 Å². The van der Waals surface area contributed by atoms with Crippen molar-refractivity contribution in [2.75, 3.05) is 20.3 Å². The van der Waals surface area contributed by atoms with Gasteiger partial charge in [0.05, 0.1) is 47.3 Å². The molecule has 2 aromatic heterocycles. The van der Waals surface area contributed by atoms with E-state index in [-0.39, 0.29) is 12.5 Å². The number of nitrogens with two attached hydrogens (primary N) is 1. The number of halogens is 3. The van der Waals surface area contributed by atoms with Crippen molar-refractivity contribution in [3.05, 3.63) is 57.8 Å². The number of methoxy groups -OCH3 is 1. The number of nitrogens with zero attached hydrogens (tertiary/aromatic N) is 3. The number of aromatic nitrogens is 2. The molecule has 2 unspecified atom stereocenters. The third kappa shape index (κ3) is 5.16. The van der Waals surface area contributed by atoms with Crippen molar-refractivity contribution < 1.29 is 32.6 Å². The number of amides is 1. The molecule has 0 aromatic carbocycles. The number of esters is 1. The van der Waals surface area contributed by atoms with E-state index in [0.29, 0.717) is 28.0 Å². The minimum atomic E-state index is -2.93. The van der Waals surface area contributed by atoms with Crippen LogP contribution in [0.3, 0.4) is 0 Å². The van der Waals surface area contributed by atoms with Gasteiger partial charge in [-0.25, -0.2) is 18.7 Å². The fourth-order valence-corrected chi connectivity index (χ4v) is 5.80. The SMILES string of the molecule is COC1C=C(N2Cc3cc(-c4ncc(Cl)cn4)sc3C2=O)C=CC1OCC1(OC(=O)CN)CC(F)(F)C1. The molecular formula is C24H23ClF2N4O5S. The summed E-state index contributed by atoms with van der Waals surface area (Å²) >= 11 is 7.17. The second-order valence-electron chi connectivity index (χ2n) is 9.08. The quantitative estimate of drug-likeness (QED) is 0.496. The molecule has 9 nitrogen and oxygen atoms in total. The van der Waals surface area contributed by atoms with Crippen molar-refractivity contribution in [3.8, 4) is 10.7 Å². The highest BCUT2D eigenvalue weighted by Crippen LogP contribution is 2.48. The summed E-state index contributed by atoms with van der Waals surface area (Å²) in [4.78, 5) is 36.3. The summed E-state index contributed by atoms with van der Waals surface area (Å²) in [6.45, 7) is -0.279. The van der Waals surface area contributed by atoms with E-state index in [9.17, 15) is 18.4 Å². The number of carbonyl (C=O) groups is 2. The van der Waals surface area contributed by atoms with E-state index in [4.69, 9.17) is 31.5 Å². The highest BCUT2D eigenvalue weighted by Gasteiger charge is 2.60. The number of hydrogen-bond donors (Lipinski definition) is 1. The van der Waals surface area contributed by atoms with Gasteiger partial charge in [0.25, 0.3) is 11.8 Å². The van der Waals surface area contributed by atoms with Gasteiger partial charge in [-0.2, -0.15) is 0 Å². The summed E-state index contributed by atoms with van der Waals surface area (Å²) in [6, 6.07) is 1.89. The molecule has 3 heterocycles. The van der Waals surface area contributed by atoms with E-state index in [1.54, 1.807) is 23.1 Å². The first-order valence-corrected chi connectivity index (χ1v) is 12.6. The molecule has 13 heteroatoms. The first-order chi connectivity index (χ1) is 17.6. The molecule has 1 amide bonds. The van der Waals surface area contributed by atoms with Crippen LogP contribution in [0.2, 0.25) is 5.02 Å². The Hall–Kier alpha value is -2.77. The van der Waals surface area contributed by atoms with Crippen LogP contribution in [-0.4, -0.2) is 70.7 Å². The number of carbonyl (C=O) groups excluding carboxylic acids is 2. The Balaban J connectivity index is 1.25. The van der Waals surface area contributed by atoms with Crippen molar-refractivity contribution in [1.82, 2.24) is 14.9 Å². The second kappa shape index (κ2) is 9.84. The lowest BCUT2D eigenvalue weighted by molar-refractivity contribution is -0.244. The van der Waals surface area contributed by atoms with Crippen LogP contribution < -0.4 is 5.73 Å². The first kappa shape index (κ1) is 25.9. The van der Waals surface area contributed by atoms with Gasteiger partial charge in [0, 0.05) is 25.2 Å². The van der Waals surface area contributed by atoms with E-state index in [2.05, 4.69) is 9.97 Å². The maximum atomic E-state index is 13.6. The summed E-state index contributed by atoms with van der Waals surface area (Å²) in [5, 5.41) is 0.429. The second-order valence-corrected chi connectivity index (χ2v) is 10.6. The molecule has 2 aliphatic carbocycles. The number of rotatable bonds is 8. The average Bonchev–Trinajstić information content (AvgIpc) is 3.41. The predicted molar refractivity (Wildman–Crippen MR) is 130 cm³/mol. The van der Waals surface area contributed by atoms with Gasteiger partial charge < -0.3 is 24.8 Å². The molecule has 5 rings (SSSR count). The fourth-order valence-electron chi connectivity index (χ4n) is 4.63. The van der Waals surface area contributed by atoms with Gasteiger partial charge in [-0.1, -0.05) is 17.7 Å². The zero-order valence-corrected chi connectivity index (χ0v) is 21.2. The number of hydrogen-bond acceptors (Lipinski definition) is 9. The molecule has 0 spiro atoms. The molecule has 0 saturated heterocycles. The van der Waals surface area contributed by atoms with Crippen LogP contribution in [0.4, 0.5) is 8.78 Å². The van der Waals surface area contributed by atoms with Crippen LogP contribution in [0, 0.1) is 0 Å². The van der Waals surface area contributed by atoms with Crippen LogP contribution in [0.25, 0.3) is 10.7 Å². The number of thiophene rings is 1. The van der Waals surface area contributed by atoms with E-state index < -0.39 is 49.1 Å². The molecule has 37 heavy (non-hydrogen) atoms. The molecule has 0 radical (unpaired) electrons. The first-order valence-electron chi connectivity index (χ1n) is 11.4. The van der Waals surface area contributed by atoms with Crippen molar-refractivity contribution in [2.24, 2.45) is 5.73 Å². The highest BCUT2D eigenvalue weighted by atomic mass is 35.5. The lowest BCUT2D eigenvalue weighted by Gasteiger charge is -2.46. The van der Waals surface area contributed by atoms with Crippen molar-refractivity contribution >= 4 is 34.8 Å². The van der Waals surface area contributed by atoms with Gasteiger partial charge in [-0.05, 0) is 23.8 Å². The van der Waals surface area contributed by atoms with Crippen LogP contribution in [0.1, 0.15) is 28.1 Å². The van der Waals surface area contributed by atoms with Crippen molar-refractivity contribution in [2.45, 2.75) is 43.1 Å². The van der Waals surface area contributed by atoms with Crippen LogP contribution in [-0.2, 0) is 25.5 Å². The third-order valence-electron chi connectivity index (χ3n) is 6.31. The molecule has 2 aromatic rings. The predicted octanol–water partition coefficient (Wildman–Crippen LogP) is 3.34. The summed E-state index contributed by atoms with van der Waals surface area (Å²) in [6.07, 6.45) is 5.70. The number of alkyl halides is 2. The number of allylic oxidation sites excluding steroid dienone is 1. The Morgan fingerprint density at radius 2 is 2.03 bits per heavy atom. The molecule has 1 fully saturated rings. The number of fused-ring (bicyclic) bond motifs is 1. The molecule has 196 valence electrons. The smallest absolute Gasteiger partial charge is 0.320 e. The van der Waals surface area contributed by atoms with Gasteiger partial charge in [0.15, 0.2) is 5.82 Å². The molecule has 2 atom stereocenters. The topological polar surface area (TPSA) is 117 Å². The van der Waals surface area contributed by atoms with E-state index in [0.717, 1.165) is 10.4 Å². The standard InChI is InChI=1S/C24H23ClF2N4O5S/c1-34-17-5-15(2-3-16(17)35-12-23(36-19(32)6-28)10-24(26,27)11-23)31-9-13-4-18(37-20(13)22(31)33)21-29-7-14(25)8-30-21/h2-5,7-8,16-17H,6,9-12,28H2,1H3. The maximum Gasteiger partial charge on any atom is 0.320 e. The summed E-state index contributed by atoms with van der Waals surface area (Å²) in [7, 11) is 1.48. The summed E-state index contributed by atoms with van der Waals surface area (Å²) in [5.41, 5.74) is 5.34. The molecule has 0 bridgehead atoms. The van der Waals surface area contributed by atoms with Crippen molar-refractivity contribution in [3.63, 3.8) is 0 Å². The lowest BCUT2D eigenvalue weighted by Crippen LogP contribution is -2.58. The minimum absolute atomic E-state index is 0.158. The minimum Gasteiger partial charge on any atom is -0.455 e. The fraction of sp³-hybridized carbons (Fsp3) is 0.417. The van der Waals surface area contributed by atoms with Crippen LogP contribution >= 0.6 is 22.9 Å². The van der Waals surface area contributed by atoms with Gasteiger partial charge in [-0.15, -0.1) is 11.3 Å². The molecular weight excluding hydrogens is 530 g/mol. The van der Waals surface area contributed by atoms with Gasteiger partial charge in [0.2, 0.25) is 0 Å². The summed E-state index contributed by atoms with van der Waals surface area (Å²) in [5.74, 6) is -3.35. The largest absolute Gasteiger partial charge is 0.455 e. The van der Waals surface area contributed by atoms with Gasteiger partial charge >= 0.3 is 5.97 Å². The van der Waals surface area contributed by atoms with Gasteiger partial charge in [0.1, 0.15) is 17.8 Å². The Labute approximate surface area is 219 Å². The lowest BCUT2D eigenvalue weighted by atomic mass is 9.76. The Kier molecular flexibility index (Phi) is 6.88. The molecule has 3 aliphatic rings. The summed E-state index contributed by atoms with van der Waals surface area (Å²) < 4.78 is 43.8. The van der Waals surface area contributed by atoms with Crippen LogP contribution in [0.5, 0.6) is 0 Å². The molecule has 1 saturated carbocycles. The zero-order valence-electron chi connectivity index (χ0n) is 19.7. The molecule has 1 aliphatic heterocycles.